The molecule has 202 valence electrons. The summed E-state index contributed by atoms with van der Waals surface area (Å²) in [5, 5.41) is 0.698. The van der Waals surface area contributed by atoms with Gasteiger partial charge in [-0.3, -0.25) is 19.4 Å². The fraction of sp³-hybridized carbons (Fsp3) is 0.214. The first-order chi connectivity index (χ1) is 18.6. The van der Waals surface area contributed by atoms with Gasteiger partial charge < -0.3 is 4.90 Å². The average Bonchev–Trinajstić information content (AvgIpc) is 2.91. The van der Waals surface area contributed by atoms with Crippen molar-refractivity contribution in [2.24, 2.45) is 0 Å². The van der Waals surface area contributed by atoms with E-state index in [9.17, 15) is 26.4 Å². The molecule has 0 spiro atoms. The first kappa shape index (κ1) is 26.6. The van der Waals surface area contributed by atoms with Crippen LogP contribution in [0.3, 0.4) is 0 Å². The third-order valence-electron chi connectivity index (χ3n) is 6.70. The van der Waals surface area contributed by atoms with Gasteiger partial charge in [-0.05, 0) is 49.4 Å². The van der Waals surface area contributed by atoms with Crippen molar-refractivity contribution in [3.63, 3.8) is 0 Å². The maximum absolute atomic E-state index is 14.1. The maximum atomic E-state index is 14.1. The Morgan fingerprint density at radius 2 is 1.77 bits per heavy atom. The second kappa shape index (κ2) is 10.7. The molecule has 1 fully saturated rings. The predicted molar refractivity (Wildman–Crippen MR) is 141 cm³/mol. The third kappa shape index (κ3) is 5.59. The number of aromatic nitrogens is 1. The zero-order chi connectivity index (χ0) is 27.7. The fourth-order valence-corrected chi connectivity index (χ4v) is 6.03. The molecule has 4 aromatic rings. The summed E-state index contributed by atoms with van der Waals surface area (Å²) in [6.07, 6.45) is 1.53. The van der Waals surface area contributed by atoms with E-state index in [0.29, 0.717) is 47.9 Å². The van der Waals surface area contributed by atoms with Crippen molar-refractivity contribution in [2.75, 3.05) is 24.4 Å². The summed E-state index contributed by atoms with van der Waals surface area (Å²) in [5.41, 5.74) is 0.958. The molecule has 3 aromatic carbocycles. The van der Waals surface area contributed by atoms with E-state index in [4.69, 9.17) is 0 Å². The van der Waals surface area contributed by atoms with Crippen molar-refractivity contribution >= 4 is 32.5 Å². The average molecular weight is 555 g/mol. The molecule has 7 nitrogen and oxygen atoms in total. The van der Waals surface area contributed by atoms with Crippen LogP contribution in [0.15, 0.2) is 77.8 Å². The van der Waals surface area contributed by atoms with E-state index in [1.54, 1.807) is 41.3 Å². The van der Waals surface area contributed by atoms with Gasteiger partial charge in [0.1, 0.15) is 10.7 Å². The summed E-state index contributed by atoms with van der Waals surface area (Å²) in [5.74, 6) is -3.38. The van der Waals surface area contributed by atoms with Crippen molar-refractivity contribution in [3.8, 4) is 0 Å². The van der Waals surface area contributed by atoms with Crippen molar-refractivity contribution in [2.45, 2.75) is 24.4 Å². The Morgan fingerprint density at radius 1 is 1.03 bits per heavy atom. The van der Waals surface area contributed by atoms with E-state index < -0.39 is 27.5 Å². The van der Waals surface area contributed by atoms with Gasteiger partial charge in [0.15, 0.2) is 11.6 Å². The van der Waals surface area contributed by atoms with Crippen LogP contribution in [0, 0.1) is 17.5 Å². The number of fused-ring (bicyclic) bond motifs is 1. The number of carbonyl (C=O) groups is 1. The van der Waals surface area contributed by atoms with Crippen LogP contribution in [0.4, 0.5) is 18.9 Å². The van der Waals surface area contributed by atoms with Crippen LogP contribution in [0.2, 0.25) is 0 Å². The zero-order valence-electron chi connectivity index (χ0n) is 20.9. The van der Waals surface area contributed by atoms with E-state index in [1.807, 2.05) is 11.8 Å². The minimum atomic E-state index is -3.93. The smallest absolute Gasteiger partial charge is 0.264 e. The van der Waals surface area contributed by atoms with E-state index in [2.05, 4.69) is 9.71 Å². The molecule has 39 heavy (non-hydrogen) atoms. The van der Waals surface area contributed by atoms with E-state index >= 15 is 0 Å². The molecule has 1 aliphatic rings. The number of anilines is 1. The molecule has 0 saturated carbocycles. The first-order valence-corrected chi connectivity index (χ1v) is 13.7. The summed E-state index contributed by atoms with van der Waals surface area (Å²) in [6, 6.07) is 15.8. The van der Waals surface area contributed by atoms with Crippen molar-refractivity contribution in [3.05, 3.63) is 102 Å². The van der Waals surface area contributed by atoms with Crippen LogP contribution in [0.1, 0.15) is 22.8 Å². The maximum Gasteiger partial charge on any atom is 0.264 e. The summed E-state index contributed by atoms with van der Waals surface area (Å²) in [4.78, 5) is 20.9. The molecule has 1 amide bonds. The summed E-state index contributed by atoms with van der Waals surface area (Å²) >= 11 is 0. The molecule has 1 aliphatic heterocycles. The van der Waals surface area contributed by atoms with Crippen molar-refractivity contribution in [1.82, 2.24) is 14.8 Å². The molecule has 11 heteroatoms. The number of amides is 1. The molecule has 1 saturated heterocycles. The lowest BCUT2D eigenvalue weighted by atomic mass is 10.1. The molecule has 0 unspecified atom stereocenters. The molecule has 1 aromatic heterocycles. The normalized spacial score (nSPS) is 16.4. The highest BCUT2D eigenvalue weighted by atomic mass is 32.2. The molecule has 0 bridgehead atoms. The number of nitrogens with zero attached hydrogens (tertiary/aromatic N) is 3. The Labute approximate surface area is 223 Å². The Hall–Kier alpha value is -3.96. The minimum absolute atomic E-state index is 0.0218. The first-order valence-electron chi connectivity index (χ1n) is 12.3. The summed E-state index contributed by atoms with van der Waals surface area (Å²) < 4.78 is 69.8. The van der Waals surface area contributed by atoms with Gasteiger partial charge in [-0.1, -0.05) is 18.2 Å². The summed E-state index contributed by atoms with van der Waals surface area (Å²) in [7, 11) is -3.93. The molecule has 0 radical (unpaired) electrons. The van der Waals surface area contributed by atoms with Gasteiger partial charge in [0, 0.05) is 66.7 Å². The predicted octanol–water partition coefficient (Wildman–Crippen LogP) is 4.80. The SMILES string of the molecule is C[C@@H]1CN(Cc2cc(F)cc(F)c2F)CCN1C(=O)c1ccc(NS(=O)(=O)c2cccc3cccnc23)cc1. The molecular weight excluding hydrogens is 529 g/mol. The number of hydrogen-bond acceptors (Lipinski definition) is 5. The standard InChI is InChI=1S/C28H25F3N4O3S/c1-18-16-34(17-21-14-22(29)15-24(30)26(21)31)12-13-35(18)28(36)20-7-9-23(10-8-20)33-39(37,38)25-6-2-4-19-5-3-11-32-27(19)25/h2-11,14-15,18,33H,12-13,16-17H2,1H3/t18-/m1/s1. The molecule has 1 atom stereocenters. The highest BCUT2D eigenvalue weighted by molar-refractivity contribution is 7.93. The van der Waals surface area contributed by atoms with Gasteiger partial charge in [-0.2, -0.15) is 0 Å². The second-order valence-electron chi connectivity index (χ2n) is 9.46. The van der Waals surface area contributed by atoms with Gasteiger partial charge in [-0.25, -0.2) is 21.6 Å². The quantitative estimate of drug-likeness (QED) is 0.347. The Bertz CT molecular complexity index is 1640. The van der Waals surface area contributed by atoms with Gasteiger partial charge in [0.05, 0.1) is 5.52 Å². The molecule has 5 rings (SSSR count). The Morgan fingerprint density at radius 3 is 2.51 bits per heavy atom. The Balaban J connectivity index is 1.24. The number of nitrogens with one attached hydrogen (secondary N) is 1. The van der Waals surface area contributed by atoms with Crippen molar-refractivity contribution < 1.29 is 26.4 Å². The lowest BCUT2D eigenvalue weighted by Crippen LogP contribution is -2.53. The van der Waals surface area contributed by atoms with Crippen LogP contribution in [-0.4, -0.2) is 54.8 Å². The lowest BCUT2D eigenvalue weighted by Gasteiger charge is -2.40. The largest absolute Gasteiger partial charge is 0.333 e. The van der Waals surface area contributed by atoms with Crippen LogP contribution in [0.25, 0.3) is 10.9 Å². The number of benzene rings is 3. The number of para-hydroxylation sites is 1. The van der Waals surface area contributed by atoms with E-state index in [1.165, 1.54) is 24.4 Å². The molecule has 0 aliphatic carbocycles. The highest BCUT2D eigenvalue weighted by Crippen LogP contribution is 2.24. The Kier molecular flexibility index (Phi) is 7.28. The van der Waals surface area contributed by atoms with Crippen molar-refractivity contribution in [1.29, 1.82) is 0 Å². The number of hydrogen-bond donors (Lipinski definition) is 1. The highest BCUT2D eigenvalue weighted by Gasteiger charge is 2.29. The van der Waals surface area contributed by atoms with Gasteiger partial charge in [0.25, 0.3) is 15.9 Å². The second-order valence-corrected chi connectivity index (χ2v) is 11.1. The van der Waals surface area contributed by atoms with Crippen LogP contribution >= 0.6 is 0 Å². The summed E-state index contributed by atoms with van der Waals surface area (Å²) in [6.45, 7) is 2.98. The van der Waals surface area contributed by atoms with E-state index in [0.717, 1.165) is 6.07 Å². The number of rotatable bonds is 6. The van der Waals surface area contributed by atoms with Crippen LogP contribution in [0.5, 0.6) is 0 Å². The number of pyridine rings is 1. The van der Waals surface area contributed by atoms with Crippen LogP contribution in [-0.2, 0) is 16.6 Å². The van der Waals surface area contributed by atoms with Gasteiger partial charge >= 0.3 is 0 Å². The third-order valence-corrected chi connectivity index (χ3v) is 8.12. The van der Waals surface area contributed by atoms with Crippen LogP contribution < -0.4 is 4.72 Å². The van der Waals surface area contributed by atoms with Gasteiger partial charge in [0.2, 0.25) is 0 Å². The number of halogens is 3. The molecular formula is C28H25F3N4O3S. The molecule has 1 N–H and O–H groups in total. The lowest BCUT2D eigenvalue weighted by molar-refractivity contribution is 0.0473. The number of carbonyl (C=O) groups excluding carboxylic acids is 1. The minimum Gasteiger partial charge on any atom is -0.333 e. The monoisotopic (exact) mass is 554 g/mol. The number of piperazine rings is 1. The molecule has 2 heterocycles. The zero-order valence-corrected chi connectivity index (χ0v) is 21.8. The fourth-order valence-electron chi connectivity index (χ4n) is 4.79. The van der Waals surface area contributed by atoms with Gasteiger partial charge in [-0.15, -0.1) is 0 Å². The van der Waals surface area contributed by atoms with E-state index in [-0.39, 0.29) is 29.0 Å². The topological polar surface area (TPSA) is 82.6 Å². The number of sulfonamides is 1.